The molecular weight excluding hydrogens is 404 g/mol. The average Bonchev–Trinajstić information content (AvgIpc) is 3.22. The van der Waals surface area contributed by atoms with Gasteiger partial charge in [-0.15, -0.1) is 0 Å². The van der Waals surface area contributed by atoms with Crippen LogP contribution in [0.4, 0.5) is 5.82 Å². The number of carbonyl (C=O) groups excluding carboxylic acids is 2. The fourth-order valence-corrected chi connectivity index (χ4v) is 3.84. The number of hydrogen-bond acceptors (Lipinski definition) is 7. The van der Waals surface area contributed by atoms with Crippen molar-refractivity contribution in [2.45, 2.75) is 65.8 Å². The van der Waals surface area contributed by atoms with Crippen molar-refractivity contribution in [3.05, 3.63) is 41.5 Å². The summed E-state index contributed by atoms with van der Waals surface area (Å²) in [5.74, 6) is 0.168. The van der Waals surface area contributed by atoms with Gasteiger partial charge in [0, 0.05) is 29.8 Å². The molecule has 3 aromatic heterocycles. The van der Waals surface area contributed by atoms with E-state index in [1.54, 1.807) is 18.5 Å². The van der Waals surface area contributed by atoms with Crippen LogP contribution in [0.5, 0.6) is 0 Å². The maximum atomic E-state index is 12.4. The lowest BCUT2D eigenvalue weighted by Gasteiger charge is -2.17. The largest absolute Gasteiger partial charge is 0.383 e. The van der Waals surface area contributed by atoms with Gasteiger partial charge in [-0.05, 0) is 45.2 Å². The number of rotatable bonds is 11. The van der Waals surface area contributed by atoms with Crippen LogP contribution in [0, 0.1) is 0 Å². The minimum Gasteiger partial charge on any atom is -0.383 e. The molecular formula is C24H32N6O2. The average molecular weight is 437 g/mol. The predicted octanol–water partition coefficient (Wildman–Crippen LogP) is 3.88. The fraction of sp³-hybridized carbons (Fsp3) is 0.458. The molecule has 0 bridgehead atoms. The van der Waals surface area contributed by atoms with Crippen molar-refractivity contribution < 1.29 is 9.59 Å². The third kappa shape index (κ3) is 4.85. The minimum absolute atomic E-state index is 0.00525. The lowest BCUT2D eigenvalue weighted by atomic mass is 10.0. The first-order chi connectivity index (χ1) is 15.4. The SMILES string of the molecule is CCCN[C@H](CC)CCc1nc2c(-c3ccc(C(=O)CC)nc3)cnn2c(N)c1C(C)=O. The van der Waals surface area contributed by atoms with E-state index in [-0.39, 0.29) is 11.6 Å². The molecule has 170 valence electrons. The van der Waals surface area contributed by atoms with Crippen LogP contribution in [0.3, 0.4) is 0 Å². The molecule has 0 radical (unpaired) electrons. The summed E-state index contributed by atoms with van der Waals surface area (Å²) < 4.78 is 1.51. The van der Waals surface area contributed by atoms with Gasteiger partial charge in [0.2, 0.25) is 0 Å². The second-order valence-corrected chi connectivity index (χ2v) is 7.98. The second kappa shape index (κ2) is 10.5. The number of nitrogen functional groups attached to an aromatic ring is 1. The number of nitrogens with one attached hydrogen (secondary N) is 1. The Balaban J connectivity index is 2.01. The molecule has 0 spiro atoms. The number of ketones is 2. The van der Waals surface area contributed by atoms with Crippen molar-refractivity contribution in [3.8, 4) is 11.1 Å². The molecule has 3 rings (SSSR count). The summed E-state index contributed by atoms with van der Waals surface area (Å²) in [4.78, 5) is 33.4. The summed E-state index contributed by atoms with van der Waals surface area (Å²) in [5, 5.41) is 7.92. The molecule has 3 heterocycles. The molecule has 0 aliphatic heterocycles. The van der Waals surface area contributed by atoms with Gasteiger partial charge in [0.05, 0.1) is 17.5 Å². The Bertz CT molecular complexity index is 1100. The highest BCUT2D eigenvalue weighted by molar-refractivity contribution is 6.00. The highest BCUT2D eigenvalue weighted by atomic mass is 16.1. The van der Waals surface area contributed by atoms with E-state index >= 15 is 0 Å². The van der Waals surface area contributed by atoms with Gasteiger partial charge < -0.3 is 11.1 Å². The van der Waals surface area contributed by atoms with E-state index in [4.69, 9.17) is 10.7 Å². The first-order valence-corrected chi connectivity index (χ1v) is 11.3. The molecule has 8 nitrogen and oxygen atoms in total. The molecule has 0 aromatic carbocycles. The Labute approximate surface area is 188 Å². The van der Waals surface area contributed by atoms with E-state index in [0.717, 1.165) is 36.9 Å². The molecule has 8 heteroatoms. The third-order valence-corrected chi connectivity index (χ3v) is 5.70. The van der Waals surface area contributed by atoms with Crippen molar-refractivity contribution in [3.63, 3.8) is 0 Å². The molecule has 0 fully saturated rings. The Kier molecular flexibility index (Phi) is 7.69. The number of carbonyl (C=O) groups is 2. The van der Waals surface area contributed by atoms with Crippen molar-refractivity contribution in [2.24, 2.45) is 0 Å². The lowest BCUT2D eigenvalue weighted by molar-refractivity contribution is 0.0981. The fourth-order valence-electron chi connectivity index (χ4n) is 3.84. The van der Waals surface area contributed by atoms with Crippen molar-refractivity contribution in [2.75, 3.05) is 12.3 Å². The molecule has 3 aromatic rings. The van der Waals surface area contributed by atoms with Crippen molar-refractivity contribution >= 4 is 23.0 Å². The van der Waals surface area contributed by atoms with Gasteiger partial charge in [0.15, 0.2) is 17.2 Å². The second-order valence-electron chi connectivity index (χ2n) is 7.98. The normalized spacial score (nSPS) is 12.2. The van der Waals surface area contributed by atoms with E-state index in [1.165, 1.54) is 11.4 Å². The van der Waals surface area contributed by atoms with Gasteiger partial charge >= 0.3 is 0 Å². The van der Waals surface area contributed by atoms with Crippen LogP contribution in [-0.2, 0) is 6.42 Å². The summed E-state index contributed by atoms with van der Waals surface area (Å²) in [6.45, 7) is 8.57. The maximum Gasteiger partial charge on any atom is 0.180 e. The first-order valence-electron chi connectivity index (χ1n) is 11.3. The Morgan fingerprint density at radius 2 is 1.97 bits per heavy atom. The number of pyridine rings is 1. The standard InChI is InChI=1S/C24H32N6O2/c1-5-12-26-17(6-2)9-11-20-22(15(4)31)23(25)30-24(29-20)18(14-28-30)16-8-10-19(27-13-16)21(32)7-3/h8,10,13-14,17,26H,5-7,9,11-12,25H2,1-4H3/t17-/m1/s1. The zero-order valence-corrected chi connectivity index (χ0v) is 19.3. The molecule has 0 aliphatic rings. The Morgan fingerprint density at radius 3 is 2.56 bits per heavy atom. The maximum absolute atomic E-state index is 12.4. The predicted molar refractivity (Wildman–Crippen MR) is 126 cm³/mol. The number of fused-ring (bicyclic) bond motifs is 1. The van der Waals surface area contributed by atoms with Crippen LogP contribution in [0.25, 0.3) is 16.8 Å². The minimum atomic E-state index is -0.123. The van der Waals surface area contributed by atoms with Crippen LogP contribution in [0.15, 0.2) is 24.5 Å². The third-order valence-electron chi connectivity index (χ3n) is 5.70. The Morgan fingerprint density at radius 1 is 1.19 bits per heavy atom. The summed E-state index contributed by atoms with van der Waals surface area (Å²) >= 11 is 0. The topological polar surface area (TPSA) is 115 Å². The number of nitrogens with zero attached hydrogens (tertiary/aromatic N) is 4. The smallest absolute Gasteiger partial charge is 0.180 e. The molecule has 32 heavy (non-hydrogen) atoms. The summed E-state index contributed by atoms with van der Waals surface area (Å²) in [7, 11) is 0. The number of aryl methyl sites for hydroxylation is 1. The number of Topliss-reactive ketones (excluding diaryl/α,β-unsaturated/α-hetero) is 2. The van der Waals surface area contributed by atoms with E-state index in [2.05, 4.69) is 29.2 Å². The molecule has 0 amide bonds. The monoisotopic (exact) mass is 436 g/mol. The van der Waals surface area contributed by atoms with Crippen LogP contribution in [-0.4, -0.2) is 43.7 Å². The summed E-state index contributed by atoms with van der Waals surface area (Å²) in [5.41, 5.74) is 10.1. The van der Waals surface area contributed by atoms with Crippen molar-refractivity contribution in [1.82, 2.24) is 24.9 Å². The zero-order valence-electron chi connectivity index (χ0n) is 19.3. The van der Waals surface area contributed by atoms with Gasteiger partial charge in [0.25, 0.3) is 0 Å². The first kappa shape index (κ1) is 23.5. The molecule has 3 N–H and O–H groups in total. The van der Waals surface area contributed by atoms with Gasteiger partial charge in [-0.2, -0.15) is 9.61 Å². The molecule has 0 unspecified atom stereocenters. The van der Waals surface area contributed by atoms with E-state index < -0.39 is 0 Å². The summed E-state index contributed by atoms with van der Waals surface area (Å²) in [6, 6.07) is 3.90. The number of aromatic nitrogens is 4. The van der Waals surface area contributed by atoms with Crippen LogP contribution >= 0.6 is 0 Å². The van der Waals surface area contributed by atoms with Gasteiger partial charge in [-0.25, -0.2) is 4.98 Å². The van der Waals surface area contributed by atoms with Crippen molar-refractivity contribution in [1.29, 1.82) is 0 Å². The summed E-state index contributed by atoms with van der Waals surface area (Å²) in [6.07, 6.45) is 7.29. The number of nitrogens with two attached hydrogens (primary N) is 1. The van der Waals surface area contributed by atoms with Crippen LogP contribution in [0.2, 0.25) is 0 Å². The highest BCUT2D eigenvalue weighted by Gasteiger charge is 2.21. The Hall–Kier alpha value is -3.13. The molecule has 0 aliphatic carbocycles. The van der Waals surface area contributed by atoms with E-state index in [0.29, 0.717) is 47.3 Å². The van der Waals surface area contributed by atoms with Crippen LogP contribution in [0.1, 0.15) is 79.9 Å². The molecule has 0 saturated heterocycles. The van der Waals surface area contributed by atoms with Gasteiger partial charge in [-0.1, -0.05) is 26.8 Å². The molecule has 1 atom stereocenters. The lowest BCUT2D eigenvalue weighted by Crippen LogP contribution is -2.30. The van der Waals surface area contributed by atoms with Crippen LogP contribution < -0.4 is 11.1 Å². The number of anilines is 1. The van der Waals surface area contributed by atoms with Gasteiger partial charge in [-0.3, -0.25) is 14.6 Å². The van der Waals surface area contributed by atoms with E-state index in [9.17, 15) is 9.59 Å². The quantitative estimate of drug-likeness (QED) is 0.438. The van der Waals surface area contributed by atoms with E-state index in [1.807, 2.05) is 13.0 Å². The highest BCUT2D eigenvalue weighted by Crippen LogP contribution is 2.28. The van der Waals surface area contributed by atoms with Gasteiger partial charge in [0.1, 0.15) is 11.5 Å². The zero-order chi connectivity index (χ0) is 23.3. The number of hydrogen-bond donors (Lipinski definition) is 2. The molecule has 0 saturated carbocycles.